The molecule has 0 unspecified atom stereocenters. The van der Waals surface area contributed by atoms with Crippen LogP contribution in [0.15, 0.2) is 36.8 Å². The number of aromatic nitrogens is 2. The van der Waals surface area contributed by atoms with Crippen LogP contribution in [0.3, 0.4) is 0 Å². The lowest BCUT2D eigenvalue weighted by Gasteiger charge is -2.34. The van der Waals surface area contributed by atoms with Gasteiger partial charge in [-0.15, -0.1) is 0 Å². The quantitative estimate of drug-likeness (QED) is 0.843. The molecule has 2 amide bonds. The van der Waals surface area contributed by atoms with Gasteiger partial charge >= 0.3 is 0 Å². The van der Waals surface area contributed by atoms with Crippen molar-refractivity contribution in [3.8, 4) is 0 Å². The highest BCUT2D eigenvalue weighted by Crippen LogP contribution is 2.15. The topological polar surface area (TPSA) is 66.4 Å². The van der Waals surface area contributed by atoms with Crippen LogP contribution in [0.5, 0.6) is 0 Å². The van der Waals surface area contributed by atoms with Gasteiger partial charge in [-0.1, -0.05) is 17.7 Å². The number of piperazine rings is 1. The highest BCUT2D eigenvalue weighted by Gasteiger charge is 2.26. The van der Waals surface area contributed by atoms with Gasteiger partial charge in [0.05, 0.1) is 6.20 Å². The fourth-order valence-corrected chi connectivity index (χ4v) is 2.91. The zero-order chi connectivity index (χ0) is 17.1. The Morgan fingerprint density at radius 3 is 2.21 bits per heavy atom. The van der Waals surface area contributed by atoms with Gasteiger partial charge in [0.15, 0.2) is 0 Å². The van der Waals surface area contributed by atoms with Crippen molar-refractivity contribution in [2.75, 3.05) is 26.2 Å². The van der Waals surface area contributed by atoms with Gasteiger partial charge in [-0.25, -0.2) is 4.98 Å². The summed E-state index contributed by atoms with van der Waals surface area (Å²) in [6.45, 7) is 6.03. The van der Waals surface area contributed by atoms with E-state index in [1.165, 1.54) is 18.6 Å². The van der Waals surface area contributed by atoms with Crippen LogP contribution in [0.2, 0.25) is 0 Å². The third-order valence-corrected chi connectivity index (χ3v) is 4.25. The predicted molar refractivity (Wildman–Crippen MR) is 89.8 cm³/mol. The van der Waals surface area contributed by atoms with Crippen molar-refractivity contribution in [3.63, 3.8) is 0 Å². The van der Waals surface area contributed by atoms with E-state index in [4.69, 9.17) is 0 Å². The normalized spacial score (nSPS) is 14.6. The fraction of sp³-hybridized carbons (Fsp3) is 0.333. The Labute approximate surface area is 141 Å². The molecule has 6 nitrogen and oxygen atoms in total. The molecule has 0 bridgehead atoms. The largest absolute Gasteiger partial charge is 0.335 e. The second kappa shape index (κ2) is 6.78. The van der Waals surface area contributed by atoms with Gasteiger partial charge in [-0.05, 0) is 25.5 Å². The first-order valence-corrected chi connectivity index (χ1v) is 7.98. The van der Waals surface area contributed by atoms with Crippen molar-refractivity contribution < 1.29 is 9.59 Å². The Hall–Kier alpha value is -2.76. The first kappa shape index (κ1) is 16.1. The van der Waals surface area contributed by atoms with Crippen LogP contribution in [0.4, 0.5) is 0 Å². The summed E-state index contributed by atoms with van der Waals surface area (Å²) < 4.78 is 0. The maximum Gasteiger partial charge on any atom is 0.274 e. The molecule has 0 saturated carbocycles. The molecule has 0 spiro atoms. The van der Waals surface area contributed by atoms with E-state index in [0.717, 1.165) is 16.7 Å². The Morgan fingerprint density at radius 1 is 0.958 bits per heavy atom. The molecular weight excluding hydrogens is 304 g/mol. The SMILES string of the molecule is Cc1ccc(C(=O)N2CCN(C(=O)c3cnccn3)CC2)c(C)c1. The number of hydrogen-bond acceptors (Lipinski definition) is 4. The van der Waals surface area contributed by atoms with Crippen LogP contribution in [0.25, 0.3) is 0 Å². The van der Waals surface area contributed by atoms with E-state index < -0.39 is 0 Å². The van der Waals surface area contributed by atoms with Crippen LogP contribution < -0.4 is 0 Å². The lowest BCUT2D eigenvalue weighted by molar-refractivity contribution is 0.0531. The first-order chi connectivity index (χ1) is 11.6. The van der Waals surface area contributed by atoms with Gasteiger partial charge in [0, 0.05) is 44.1 Å². The third-order valence-electron chi connectivity index (χ3n) is 4.25. The summed E-state index contributed by atoms with van der Waals surface area (Å²) in [4.78, 5) is 36.5. The number of rotatable bonds is 2. The molecule has 1 saturated heterocycles. The summed E-state index contributed by atoms with van der Waals surface area (Å²) in [7, 11) is 0. The minimum Gasteiger partial charge on any atom is -0.335 e. The molecule has 3 rings (SSSR count). The molecule has 0 aliphatic carbocycles. The summed E-state index contributed by atoms with van der Waals surface area (Å²) in [5, 5.41) is 0. The number of carbonyl (C=O) groups is 2. The van der Waals surface area contributed by atoms with Crippen LogP contribution in [0.1, 0.15) is 32.0 Å². The van der Waals surface area contributed by atoms with Gasteiger partial charge < -0.3 is 9.80 Å². The standard InChI is InChI=1S/C18H20N4O2/c1-13-3-4-15(14(2)11-13)17(23)21-7-9-22(10-8-21)18(24)16-12-19-5-6-20-16/h3-6,11-12H,7-10H2,1-2H3. The minimum atomic E-state index is -0.137. The number of benzene rings is 1. The Balaban J connectivity index is 1.64. The van der Waals surface area contributed by atoms with Gasteiger partial charge in [-0.2, -0.15) is 0 Å². The first-order valence-electron chi connectivity index (χ1n) is 7.98. The van der Waals surface area contributed by atoms with E-state index in [9.17, 15) is 9.59 Å². The summed E-state index contributed by atoms with van der Waals surface area (Å²) in [5.41, 5.74) is 3.20. The summed E-state index contributed by atoms with van der Waals surface area (Å²) in [5.74, 6) is -0.110. The van der Waals surface area contributed by atoms with Crippen molar-refractivity contribution in [1.29, 1.82) is 0 Å². The zero-order valence-electron chi connectivity index (χ0n) is 13.9. The van der Waals surface area contributed by atoms with Crippen LogP contribution >= 0.6 is 0 Å². The lowest BCUT2D eigenvalue weighted by atomic mass is 10.0. The van der Waals surface area contributed by atoms with Crippen molar-refractivity contribution in [1.82, 2.24) is 19.8 Å². The zero-order valence-corrected chi connectivity index (χ0v) is 13.9. The van der Waals surface area contributed by atoms with Crippen molar-refractivity contribution in [2.45, 2.75) is 13.8 Å². The van der Waals surface area contributed by atoms with Crippen molar-refractivity contribution in [3.05, 3.63) is 59.2 Å². The molecule has 2 heterocycles. The van der Waals surface area contributed by atoms with E-state index in [2.05, 4.69) is 9.97 Å². The molecule has 124 valence electrons. The second-order valence-corrected chi connectivity index (χ2v) is 5.99. The van der Waals surface area contributed by atoms with E-state index in [1.807, 2.05) is 32.0 Å². The van der Waals surface area contributed by atoms with Gasteiger partial charge in [-0.3, -0.25) is 14.6 Å². The number of nitrogens with zero attached hydrogens (tertiary/aromatic N) is 4. The maximum absolute atomic E-state index is 12.7. The van der Waals surface area contributed by atoms with E-state index in [-0.39, 0.29) is 11.8 Å². The Bertz CT molecular complexity index is 753. The molecule has 1 aliphatic heterocycles. The average Bonchev–Trinajstić information content (AvgIpc) is 2.61. The molecule has 6 heteroatoms. The molecule has 1 aliphatic rings. The van der Waals surface area contributed by atoms with Gasteiger partial charge in [0.2, 0.25) is 0 Å². The van der Waals surface area contributed by atoms with E-state index in [0.29, 0.717) is 31.9 Å². The third kappa shape index (κ3) is 3.27. The van der Waals surface area contributed by atoms with Gasteiger partial charge in [0.25, 0.3) is 11.8 Å². The average molecular weight is 324 g/mol. The number of carbonyl (C=O) groups excluding carboxylic acids is 2. The van der Waals surface area contributed by atoms with E-state index in [1.54, 1.807) is 9.80 Å². The smallest absolute Gasteiger partial charge is 0.274 e. The predicted octanol–water partition coefficient (Wildman–Crippen LogP) is 1.69. The molecule has 0 N–H and O–H groups in total. The lowest BCUT2D eigenvalue weighted by Crippen LogP contribution is -2.50. The molecule has 1 aromatic carbocycles. The highest BCUT2D eigenvalue weighted by atomic mass is 16.2. The number of aryl methyl sites for hydroxylation is 2. The summed E-state index contributed by atoms with van der Waals surface area (Å²) in [6.07, 6.45) is 4.51. The van der Waals surface area contributed by atoms with Crippen LogP contribution in [-0.4, -0.2) is 57.8 Å². The highest BCUT2D eigenvalue weighted by molar-refractivity contribution is 5.96. The number of hydrogen-bond donors (Lipinski definition) is 0. The molecule has 24 heavy (non-hydrogen) atoms. The van der Waals surface area contributed by atoms with Crippen molar-refractivity contribution in [2.24, 2.45) is 0 Å². The van der Waals surface area contributed by atoms with E-state index >= 15 is 0 Å². The second-order valence-electron chi connectivity index (χ2n) is 5.99. The molecule has 2 aromatic rings. The van der Waals surface area contributed by atoms with Gasteiger partial charge in [0.1, 0.15) is 5.69 Å². The molecule has 0 atom stereocenters. The van der Waals surface area contributed by atoms with Crippen LogP contribution in [-0.2, 0) is 0 Å². The monoisotopic (exact) mass is 324 g/mol. The molecule has 0 radical (unpaired) electrons. The molecule has 1 fully saturated rings. The number of amides is 2. The molecule has 1 aromatic heterocycles. The maximum atomic E-state index is 12.7. The summed E-state index contributed by atoms with van der Waals surface area (Å²) in [6, 6.07) is 5.85. The Kier molecular flexibility index (Phi) is 4.55. The fourth-order valence-electron chi connectivity index (χ4n) is 2.91. The summed E-state index contributed by atoms with van der Waals surface area (Å²) >= 11 is 0. The van der Waals surface area contributed by atoms with Crippen LogP contribution in [0, 0.1) is 13.8 Å². The van der Waals surface area contributed by atoms with Crippen molar-refractivity contribution >= 4 is 11.8 Å². The molecular formula is C18H20N4O2. The minimum absolute atomic E-state index is 0.0269. The Morgan fingerprint density at radius 2 is 1.62 bits per heavy atom.